The molecule has 0 unspecified atom stereocenters. The highest BCUT2D eigenvalue weighted by Crippen LogP contribution is 2.31. The predicted octanol–water partition coefficient (Wildman–Crippen LogP) is 2.84. The number of aryl methyl sites for hydroxylation is 1. The highest BCUT2D eigenvalue weighted by atomic mass is 19.1. The number of methoxy groups -OCH3 is 1. The molecular formula is C22H22FN5O3. The summed E-state index contributed by atoms with van der Waals surface area (Å²) in [5, 5.41) is 8.36. The molecular weight excluding hydrogens is 401 g/mol. The number of nitrogens with zero attached hydrogens (tertiary/aromatic N) is 5. The summed E-state index contributed by atoms with van der Waals surface area (Å²) in [6.07, 6.45) is 7.59. The van der Waals surface area contributed by atoms with Crippen LogP contribution < -0.4 is 4.74 Å². The molecule has 0 bridgehead atoms. The summed E-state index contributed by atoms with van der Waals surface area (Å²) in [5.74, 6) is 1.34. The molecule has 0 saturated heterocycles. The monoisotopic (exact) mass is 423 g/mol. The minimum atomic E-state index is -0.332. The second-order valence-corrected chi connectivity index (χ2v) is 7.61. The first-order chi connectivity index (χ1) is 15.2. The third-order valence-electron chi connectivity index (χ3n) is 5.94. The van der Waals surface area contributed by atoms with Gasteiger partial charge in [0, 0.05) is 43.3 Å². The van der Waals surface area contributed by atoms with Gasteiger partial charge in [0.25, 0.3) is 0 Å². The fraction of sp³-hybridized carbons (Fsp3) is 0.364. The van der Waals surface area contributed by atoms with E-state index >= 15 is 0 Å². The van der Waals surface area contributed by atoms with Gasteiger partial charge in [-0.3, -0.25) is 4.40 Å². The van der Waals surface area contributed by atoms with Gasteiger partial charge in [0.15, 0.2) is 5.65 Å². The Morgan fingerprint density at radius 3 is 3.00 bits per heavy atom. The predicted molar refractivity (Wildman–Crippen MR) is 110 cm³/mol. The molecule has 3 aromatic rings. The summed E-state index contributed by atoms with van der Waals surface area (Å²) in [5.41, 5.74) is 4.33. The molecule has 8 nitrogen and oxygen atoms in total. The Morgan fingerprint density at radius 2 is 2.19 bits per heavy atom. The van der Waals surface area contributed by atoms with Crippen LogP contribution in [0.3, 0.4) is 0 Å². The number of ether oxygens (including phenoxy) is 2. The van der Waals surface area contributed by atoms with Gasteiger partial charge in [-0.25, -0.2) is 14.2 Å². The molecule has 4 heterocycles. The maximum Gasteiger partial charge on any atom is 0.409 e. The van der Waals surface area contributed by atoms with Gasteiger partial charge in [-0.05, 0) is 36.1 Å². The zero-order valence-electron chi connectivity index (χ0n) is 17.2. The Kier molecular flexibility index (Phi) is 5.01. The highest BCUT2D eigenvalue weighted by Gasteiger charge is 2.22. The Morgan fingerprint density at radius 1 is 1.29 bits per heavy atom. The van der Waals surface area contributed by atoms with E-state index in [0.717, 1.165) is 34.7 Å². The van der Waals surface area contributed by atoms with Crippen LogP contribution in [-0.4, -0.2) is 57.4 Å². The normalized spacial score (nSPS) is 15.5. The van der Waals surface area contributed by atoms with Gasteiger partial charge >= 0.3 is 6.09 Å². The quantitative estimate of drug-likeness (QED) is 0.642. The smallest absolute Gasteiger partial charge is 0.409 e. The summed E-state index contributed by atoms with van der Waals surface area (Å²) in [4.78, 5) is 18.0. The molecule has 0 atom stereocenters. The summed E-state index contributed by atoms with van der Waals surface area (Å²) in [7, 11) is 1.38. The van der Waals surface area contributed by atoms with E-state index < -0.39 is 0 Å². The molecule has 0 fully saturated rings. The number of aromatic nitrogens is 4. The number of fused-ring (bicyclic) bond motifs is 2. The molecule has 2 aliphatic heterocycles. The first-order valence-corrected chi connectivity index (χ1v) is 10.3. The number of carbonyl (C=O) groups excluding carboxylic acids is 1. The molecule has 0 spiro atoms. The molecule has 1 amide bonds. The van der Waals surface area contributed by atoms with Crippen LogP contribution in [0, 0.1) is 5.82 Å². The molecule has 0 saturated carbocycles. The van der Waals surface area contributed by atoms with E-state index in [0.29, 0.717) is 50.2 Å². The number of benzene rings is 1. The molecule has 0 aliphatic carbocycles. The standard InChI is InChI=1S/C22H22FN5O3/c1-30-22(29)27-9-6-14(7-10-27)17-12-24-20(28-13-25-26-21(17)28)5-2-15-16-8-11-31-19(16)4-3-18(15)23/h3-4,6,12-13H,2,5,7-11H2,1H3. The van der Waals surface area contributed by atoms with Crippen molar-refractivity contribution >= 4 is 17.3 Å². The average molecular weight is 423 g/mol. The molecule has 2 aliphatic rings. The van der Waals surface area contributed by atoms with Gasteiger partial charge in [-0.15, -0.1) is 10.2 Å². The highest BCUT2D eigenvalue weighted by molar-refractivity contribution is 5.77. The number of hydrogen-bond acceptors (Lipinski definition) is 6. The van der Waals surface area contributed by atoms with Crippen LogP contribution in [-0.2, 0) is 24.0 Å². The largest absolute Gasteiger partial charge is 0.493 e. The molecule has 160 valence electrons. The fourth-order valence-electron chi connectivity index (χ4n) is 4.31. The van der Waals surface area contributed by atoms with Crippen molar-refractivity contribution in [3.63, 3.8) is 0 Å². The van der Waals surface area contributed by atoms with Crippen LogP contribution in [0.5, 0.6) is 5.75 Å². The van der Waals surface area contributed by atoms with Crippen LogP contribution in [0.25, 0.3) is 11.2 Å². The third kappa shape index (κ3) is 3.49. The molecule has 31 heavy (non-hydrogen) atoms. The maximum absolute atomic E-state index is 14.5. The lowest BCUT2D eigenvalue weighted by Gasteiger charge is -2.25. The molecule has 0 N–H and O–H groups in total. The van der Waals surface area contributed by atoms with Crippen LogP contribution in [0.2, 0.25) is 0 Å². The van der Waals surface area contributed by atoms with Crippen LogP contribution in [0.1, 0.15) is 28.9 Å². The fourth-order valence-corrected chi connectivity index (χ4v) is 4.31. The van der Waals surface area contributed by atoms with Crippen molar-refractivity contribution in [1.29, 1.82) is 0 Å². The third-order valence-corrected chi connectivity index (χ3v) is 5.94. The van der Waals surface area contributed by atoms with Crippen molar-refractivity contribution in [3.05, 3.63) is 59.1 Å². The van der Waals surface area contributed by atoms with Crippen molar-refractivity contribution in [2.24, 2.45) is 0 Å². The van der Waals surface area contributed by atoms with Gasteiger partial charge in [0.05, 0.1) is 13.7 Å². The van der Waals surface area contributed by atoms with Crippen molar-refractivity contribution in [2.75, 3.05) is 26.8 Å². The van der Waals surface area contributed by atoms with Gasteiger partial charge < -0.3 is 14.4 Å². The lowest BCUT2D eigenvalue weighted by Crippen LogP contribution is -2.34. The van der Waals surface area contributed by atoms with Crippen LogP contribution in [0.15, 0.2) is 30.7 Å². The Bertz CT molecular complexity index is 1190. The first kappa shape index (κ1) is 19.5. The Balaban J connectivity index is 1.40. The number of halogens is 1. The van der Waals surface area contributed by atoms with Crippen molar-refractivity contribution in [3.8, 4) is 5.75 Å². The number of carbonyl (C=O) groups is 1. The molecule has 9 heteroatoms. The summed E-state index contributed by atoms with van der Waals surface area (Å²) < 4.78 is 26.7. The molecule has 2 aromatic heterocycles. The van der Waals surface area contributed by atoms with Crippen molar-refractivity contribution in [2.45, 2.75) is 25.7 Å². The van der Waals surface area contributed by atoms with Gasteiger partial charge in [0.1, 0.15) is 23.7 Å². The van der Waals surface area contributed by atoms with E-state index in [2.05, 4.69) is 15.2 Å². The van der Waals surface area contributed by atoms with E-state index in [-0.39, 0.29) is 11.9 Å². The van der Waals surface area contributed by atoms with Gasteiger partial charge in [-0.1, -0.05) is 6.08 Å². The van der Waals surface area contributed by atoms with E-state index in [1.807, 2.05) is 10.5 Å². The summed E-state index contributed by atoms with van der Waals surface area (Å²) in [6, 6.07) is 3.17. The van der Waals surface area contributed by atoms with Crippen molar-refractivity contribution in [1.82, 2.24) is 24.5 Å². The van der Waals surface area contributed by atoms with Gasteiger partial charge in [-0.2, -0.15) is 0 Å². The average Bonchev–Trinajstić information content (AvgIpc) is 3.48. The first-order valence-electron chi connectivity index (χ1n) is 10.3. The Hall–Kier alpha value is -3.49. The minimum absolute atomic E-state index is 0.205. The number of rotatable bonds is 4. The SMILES string of the molecule is COC(=O)N1CC=C(c2cnc(CCc3c(F)ccc4c3CCO4)n3cnnc23)CC1. The topological polar surface area (TPSA) is 81.8 Å². The second kappa shape index (κ2) is 7.98. The minimum Gasteiger partial charge on any atom is -0.493 e. The van der Waals surface area contributed by atoms with E-state index in [1.54, 1.807) is 23.5 Å². The summed E-state index contributed by atoms with van der Waals surface area (Å²) >= 11 is 0. The molecule has 1 aromatic carbocycles. The van der Waals surface area contributed by atoms with E-state index in [4.69, 9.17) is 9.47 Å². The van der Waals surface area contributed by atoms with Crippen LogP contribution >= 0.6 is 0 Å². The maximum atomic E-state index is 14.5. The van der Waals surface area contributed by atoms with E-state index in [1.165, 1.54) is 13.2 Å². The second-order valence-electron chi connectivity index (χ2n) is 7.61. The van der Waals surface area contributed by atoms with Crippen molar-refractivity contribution < 1.29 is 18.7 Å². The van der Waals surface area contributed by atoms with Gasteiger partial charge in [0.2, 0.25) is 0 Å². The van der Waals surface area contributed by atoms with Crippen LogP contribution in [0.4, 0.5) is 9.18 Å². The number of hydrogen-bond donors (Lipinski definition) is 0. The lowest BCUT2D eigenvalue weighted by molar-refractivity contribution is 0.128. The molecule has 0 radical (unpaired) electrons. The summed E-state index contributed by atoms with van der Waals surface area (Å²) in [6.45, 7) is 1.64. The number of amides is 1. The Labute approximate surface area is 178 Å². The molecule has 5 rings (SSSR count). The van der Waals surface area contributed by atoms with E-state index in [9.17, 15) is 9.18 Å². The zero-order chi connectivity index (χ0) is 21.4. The zero-order valence-corrected chi connectivity index (χ0v) is 17.2. The lowest BCUT2D eigenvalue weighted by atomic mass is 9.99.